The van der Waals surface area contributed by atoms with Gasteiger partial charge in [0, 0.05) is 5.03 Å². The minimum Gasteiger partial charge on any atom is -0.392 e. The quantitative estimate of drug-likeness (QED) is 0.531. The first kappa shape index (κ1) is 5.99. The van der Waals surface area contributed by atoms with E-state index < -0.39 is 0 Å². The van der Waals surface area contributed by atoms with E-state index in [1.54, 1.807) is 6.92 Å². The molecule has 0 radical (unpaired) electrons. The Morgan fingerprint density at radius 2 is 2.50 bits per heavy atom. The lowest BCUT2D eigenvalue weighted by Crippen LogP contribution is -1.69. The van der Waals surface area contributed by atoms with Crippen LogP contribution in [-0.2, 0) is 0 Å². The van der Waals surface area contributed by atoms with Crippen LogP contribution in [0.3, 0.4) is 0 Å². The zero-order valence-electron chi connectivity index (χ0n) is 3.61. The van der Waals surface area contributed by atoms with E-state index in [4.69, 9.17) is 16.7 Å². The molecule has 0 heterocycles. The van der Waals surface area contributed by atoms with Gasteiger partial charge in [0.2, 0.25) is 0 Å². The van der Waals surface area contributed by atoms with Crippen molar-refractivity contribution in [3.8, 4) is 0 Å². The van der Waals surface area contributed by atoms with Crippen molar-refractivity contribution in [1.82, 2.24) is 0 Å². The molecule has 0 aromatic carbocycles. The van der Waals surface area contributed by atoms with E-state index in [9.17, 15) is 0 Å². The summed E-state index contributed by atoms with van der Waals surface area (Å²) in [4.78, 5) is 0. The molecule has 0 unspecified atom stereocenters. The third-order valence-corrected chi connectivity index (χ3v) is 0.527. The molecule has 0 rings (SSSR count). The second kappa shape index (κ2) is 3.19. The number of rotatable bonds is 1. The van der Waals surface area contributed by atoms with E-state index in [2.05, 4.69) is 0 Å². The van der Waals surface area contributed by atoms with E-state index in [1.807, 2.05) is 0 Å². The molecule has 0 amide bonds. The number of hydrogen-bond donors (Lipinski definition) is 1. The number of hydrogen-bond acceptors (Lipinski definition) is 1. The van der Waals surface area contributed by atoms with Gasteiger partial charge in [-0.1, -0.05) is 11.6 Å². The first-order chi connectivity index (χ1) is 2.77. The SMILES string of the molecule is C/C(Cl)=C/CO. The Hall–Kier alpha value is -0.0100. The van der Waals surface area contributed by atoms with Crippen molar-refractivity contribution in [2.75, 3.05) is 6.61 Å². The van der Waals surface area contributed by atoms with Gasteiger partial charge >= 0.3 is 0 Å². The molecule has 0 aliphatic heterocycles. The molecule has 0 saturated heterocycles. The molecule has 0 bridgehead atoms. The van der Waals surface area contributed by atoms with Crippen LogP contribution in [-0.4, -0.2) is 11.7 Å². The highest BCUT2D eigenvalue weighted by molar-refractivity contribution is 6.29. The zero-order valence-corrected chi connectivity index (χ0v) is 4.37. The fourth-order valence-corrected chi connectivity index (χ4v) is 0.195. The molecule has 0 aliphatic carbocycles. The maximum absolute atomic E-state index is 8.08. The highest BCUT2D eigenvalue weighted by Crippen LogP contribution is 1.94. The van der Waals surface area contributed by atoms with Crippen molar-refractivity contribution in [2.24, 2.45) is 0 Å². The highest BCUT2D eigenvalue weighted by Gasteiger charge is 1.71. The molecular weight excluding hydrogens is 99.5 g/mol. The van der Waals surface area contributed by atoms with Gasteiger partial charge in [0.05, 0.1) is 6.61 Å². The fraction of sp³-hybridized carbons (Fsp3) is 0.500. The van der Waals surface area contributed by atoms with Gasteiger partial charge in [-0.3, -0.25) is 0 Å². The minimum absolute atomic E-state index is 0.0370. The van der Waals surface area contributed by atoms with Gasteiger partial charge in [0.25, 0.3) is 0 Å². The molecule has 1 nitrogen and oxygen atoms in total. The van der Waals surface area contributed by atoms with Crippen LogP contribution in [0.15, 0.2) is 11.1 Å². The second-order valence-electron chi connectivity index (χ2n) is 0.973. The number of allylic oxidation sites excluding steroid dienone is 1. The number of aliphatic hydroxyl groups excluding tert-OH is 1. The van der Waals surface area contributed by atoms with Gasteiger partial charge in [-0.25, -0.2) is 0 Å². The van der Waals surface area contributed by atoms with Crippen LogP contribution in [0.5, 0.6) is 0 Å². The van der Waals surface area contributed by atoms with Crippen LogP contribution < -0.4 is 0 Å². The average Bonchev–Trinajstić information content (AvgIpc) is 1.35. The van der Waals surface area contributed by atoms with Crippen molar-refractivity contribution >= 4 is 11.6 Å². The minimum atomic E-state index is 0.0370. The Morgan fingerprint density at radius 3 is 2.50 bits per heavy atom. The Balaban J connectivity index is 3.14. The van der Waals surface area contributed by atoms with Gasteiger partial charge in [0.15, 0.2) is 0 Å². The third-order valence-electron chi connectivity index (χ3n) is 0.373. The van der Waals surface area contributed by atoms with E-state index in [-0.39, 0.29) is 6.61 Å². The van der Waals surface area contributed by atoms with Crippen LogP contribution in [0.2, 0.25) is 0 Å². The molecular formula is C4H7ClO. The van der Waals surface area contributed by atoms with Gasteiger partial charge in [0.1, 0.15) is 0 Å². The summed E-state index contributed by atoms with van der Waals surface area (Å²) in [5, 5.41) is 8.71. The summed E-state index contributed by atoms with van der Waals surface area (Å²) in [6.07, 6.45) is 1.53. The molecule has 6 heavy (non-hydrogen) atoms. The first-order valence-corrected chi connectivity index (χ1v) is 2.08. The molecule has 0 aromatic heterocycles. The predicted molar refractivity (Wildman–Crippen MR) is 26.7 cm³/mol. The summed E-state index contributed by atoms with van der Waals surface area (Å²) in [7, 11) is 0. The smallest absolute Gasteiger partial charge is 0.0626 e. The summed E-state index contributed by atoms with van der Waals surface area (Å²) in [5.41, 5.74) is 0. The summed E-state index contributed by atoms with van der Waals surface area (Å²) in [6.45, 7) is 1.76. The Labute approximate surface area is 42.2 Å². The van der Waals surface area contributed by atoms with Crippen molar-refractivity contribution in [2.45, 2.75) is 6.92 Å². The number of halogens is 1. The van der Waals surface area contributed by atoms with Crippen molar-refractivity contribution < 1.29 is 5.11 Å². The summed E-state index contributed by atoms with van der Waals surface area (Å²) in [5.74, 6) is 0. The van der Waals surface area contributed by atoms with Crippen LogP contribution >= 0.6 is 11.6 Å². The maximum atomic E-state index is 8.08. The maximum Gasteiger partial charge on any atom is 0.0626 e. The van der Waals surface area contributed by atoms with Gasteiger partial charge in [-0.2, -0.15) is 0 Å². The summed E-state index contributed by atoms with van der Waals surface area (Å²) >= 11 is 5.28. The summed E-state index contributed by atoms with van der Waals surface area (Å²) < 4.78 is 0. The lowest BCUT2D eigenvalue weighted by atomic mass is 10.6. The molecule has 0 aromatic rings. The van der Waals surface area contributed by atoms with Gasteiger partial charge in [-0.15, -0.1) is 0 Å². The Bertz CT molecular complexity index is 54.6. The first-order valence-electron chi connectivity index (χ1n) is 1.70. The van der Waals surface area contributed by atoms with E-state index in [1.165, 1.54) is 6.08 Å². The molecule has 0 saturated carbocycles. The van der Waals surface area contributed by atoms with Crippen LogP contribution in [0, 0.1) is 0 Å². The molecule has 0 aliphatic rings. The largest absolute Gasteiger partial charge is 0.392 e. The normalized spacial score (nSPS) is 12.2. The topological polar surface area (TPSA) is 20.2 Å². The van der Waals surface area contributed by atoms with Crippen LogP contribution in [0.1, 0.15) is 6.92 Å². The third kappa shape index (κ3) is 3.99. The van der Waals surface area contributed by atoms with E-state index in [0.29, 0.717) is 5.03 Å². The standard InChI is InChI=1S/C4H7ClO/c1-4(5)2-3-6/h2,6H,3H2,1H3/b4-2-. The van der Waals surface area contributed by atoms with Crippen LogP contribution in [0.25, 0.3) is 0 Å². The van der Waals surface area contributed by atoms with Gasteiger partial charge in [-0.05, 0) is 13.0 Å². The lowest BCUT2D eigenvalue weighted by molar-refractivity contribution is 0.342. The molecule has 1 N–H and O–H groups in total. The predicted octanol–water partition coefficient (Wildman–Crippen LogP) is 1.12. The Kier molecular flexibility index (Phi) is 3.19. The molecule has 2 heteroatoms. The highest BCUT2D eigenvalue weighted by atomic mass is 35.5. The monoisotopic (exact) mass is 106 g/mol. The molecule has 0 fully saturated rings. The fourth-order valence-electron chi connectivity index (χ4n) is 0.126. The summed E-state index contributed by atoms with van der Waals surface area (Å²) in [6, 6.07) is 0. The lowest BCUT2D eigenvalue weighted by Gasteiger charge is -1.77. The average molecular weight is 107 g/mol. The Morgan fingerprint density at radius 1 is 2.00 bits per heavy atom. The van der Waals surface area contributed by atoms with Crippen molar-refractivity contribution in [1.29, 1.82) is 0 Å². The number of aliphatic hydroxyl groups is 1. The van der Waals surface area contributed by atoms with E-state index in [0.717, 1.165) is 0 Å². The molecule has 0 atom stereocenters. The van der Waals surface area contributed by atoms with Gasteiger partial charge < -0.3 is 5.11 Å². The van der Waals surface area contributed by atoms with Crippen molar-refractivity contribution in [3.05, 3.63) is 11.1 Å². The second-order valence-corrected chi connectivity index (χ2v) is 1.57. The molecule has 0 spiro atoms. The van der Waals surface area contributed by atoms with Crippen LogP contribution in [0.4, 0.5) is 0 Å². The zero-order chi connectivity index (χ0) is 4.99. The van der Waals surface area contributed by atoms with Crippen molar-refractivity contribution in [3.63, 3.8) is 0 Å². The molecule has 36 valence electrons. The van der Waals surface area contributed by atoms with E-state index >= 15 is 0 Å².